The largest absolute Gasteiger partial charge is 0.490 e. The summed E-state index contributed by atoms with van der Waals surface area (Å²) in [6.45, 7) is 4.17. The standard InChI is InChI=1S/C16H21FO4/c1-3-12-10-15(21-9-7-5-4-6-8-18)14(17)11-13(12)16(19)20-2/h3,10-11,18H,1,4-9H2,2H3. The topological polar surface area (TPSA) is 55.8 Å². The van der Waals surface area contributed by atoms with Crippen LogP contribution in [0, 0.1) is 5.82 Å². The van der Waals surface area contributed by atoms with E-state index in [9.17, 15) is 9.18 Å². The molecule has 0 bridgehead atoms. The third kappa shape index (κ3) is 5.19. The Balaban J connectivity index is 2.67. The number of esters is 1. The van der Waals surface area contributed by atoms with Crippen LogP contribution < -0.4 is 4.74 Å². The first-order valence-electron chi connectivity index (χ1n) is 6.92. The number of rotatable bonds is 9. The van der Waals surface area contributed by atoms with Crippen LogP contribution >= 0.6 is 0 Å². The molecule has 1 aromatic rings. The number of unbranched alkanes of at least 4 members (excludes halogenated alkanes) is 3. The van der Waals surface area contributed by atoms with Crippen molar-refractivity contribution in [1.29, 1.82) is 0 Å². The molecule has 1 rings (SSSR count). The molecule has 0 saturated carbocycles. The summed E-state index contributed by atoms with van der Waals surface area (Å²) >= 11 is 0. The Bertz CT molecular complexity index is 485. The molecule has 0 atom stereocenters. The number of hydrogen-bond acceptors (Lipinski definition) is 4. The Hall–Kier alpha value is -1.88. The van der Waals surface area contributed by atoms with Crippen LogP contribution in [0.4, 0.5) is 4.39 Å². The van der Waals surface area contributed by atoms with Crippen molar-refractivity contribution in [3.63, 3.8) is 0 Å². The number of aliphatic hydroxyl groups excluding tert-OH is 1. The van der Waals surface area contributed by atoms with Gasteiger partial charge in [-0.25, -0.2) is 9.18 Å². The van der Waals surface area contributed by atoms with Gasteiger partial charge in [0.05, 0.1) is 19.3 Å². The molecule has 1 aromatic carbocycles. The maximum absolute atomic E-state index is 13.9. The summed E-state index contributed by atoms with van der Waals surface area (Å²) in [5.74, 6) is -1.12. The van der Waals surface area contributed by atoms with Gasteiger partial charge in [0, 0.05) is 6.61 Å². The van der Waals surface area contributed by atoms with E-state index >= 15 is 0 Å². The van der Waals surface area contributed by atoms with Crippen LogP contribution in [-0.2, 0) is 4.74 Å². The fraction of sp³-hybridized carbons (Fsp3) is 0.438. The van der Waals surface area contributed by atoms with Crippen LogP contribution in [0.1, 0.15) is 41.6 Å². The second-order valence-electron chi connectivity index (χ2n) is 4.55. The first-order valence-corrected chi connectivity index (χ1v) is 6.92. The zero-order valence-corrected chi connectivity index (χ0v) is 12.2. The van der Waals surface area contributed by atoms with E-state index < -0.39 is 11.8 Å². The van der Waals surface area contributed by atoms with Gasteiger partial charge in [-0.1, -0.05) is 19.1 Å². The number of methoxy groups -OCH3 is 1. The summed E-state index contributed by atoms with van der Waals surface area (Å²) in [5.41, 5.74) is 0.596. The average Bonchev–Trinajstić information content (AvgIpc) is 2.50. The molecular weight excluding hydrogens is 275 g/mol. The van der Waals surface area contributed by atoms with Crippen LogP contribution in [-0.4, -0.2) is 31.4 Å². The van der Waals surface area contributed by atoms with E-state index in [4.69, 9.17) is 9.84 Å². The van der Waals surface area contributed by atoms with Gasteiger partial charge in [0.15, 0.2) is 11.6 Å². The molecule has 0 spiro atoms. The molecule has 0 aromatic heterocycles. The van der Waals surface area contributed by atoms with E-state index in [0.717, 1.165) is 31.7 Å². The summed E-state index contributed by atoms with van der Waals surface area (Å²) in [4.78, 5) is 11.5. The van der Waals surface area contributed by atoms with Crippen LogP contribution in [0.15, 0.2) is 18.7 Å². The average molecular weight is 296 g/mol. The van der Waals surface area contributed by atoms with E-state index in [2.05, 4.69) is 11.3 Å². The maximum atomic E-state index is 13.9. The summed E-state index contributed by atoms with van der Waals surface area (Å²) in [6.07, 6.45) is 4.84. The molecule has 0 amide bonds. The highest BCUT2D eigenvalue weighted by Gasteiger charge is 2.15. The predicted octanol–water partition coefficient (Wildman–Crippen LogP) is 3.19. The minimum absolute atomic E-state index is 0.0970. The number of ether oxygens (including phenoxy) is 2. The van der Waals surface area contributed by atoms with Crippen molar-refractivity contribution in [2.75, 3.05) is 20.3 Å². The Morgan fingerprint density at radius 2 is 2.05 bits per heavy atom. The van der Waals surface area contributed by atoms with Crippen molar-refractivity contribution >= 4 is 12.0 Å². The van der Waals surface area contributed by atoms with Crippen molar-refractivity contribution in [1.82, 2.24) is 0 Å². The van der Waals surface area contributed by atoms with E-state index in [-0.39, 0.29) is 17.9 Å². The summed E-state index contributed by atoms with van der Waals surface area (Å²) in [5, 5.41) is 8.66. The van der Waals surface area contributed by atoms with Crippen molar-refractivity contribution in [2.45, 2.75) is 25.7 Å². The SMILES string of the molecule is C=Cc1cc(OCCCCCCO)c(F)cc1C(=O)OC. The van der Waals surface area contributed by atoms with E-state index in [1.165, 1.54) is 19.3 Å². The number of aliphatic hydroxyl groups is 1. The highest BCUT2D eigenvalue weighted by atomic mass is 19.1. The summed E-state index contributed by atoms with van der Waals surface area (Å²) < 4.78 is 23.9. The molecule has 21 heavy (non-hydrogen) atoms. The molecule has 0 radical (unpaired) electrons. The predicted molar refractivity (Wildman–Crippen MR) is 78.9 cm³/mol. The Kier molecular flexibility index (Phi) is 7.46. The Morgan fingerprint density at radius 1 is 1.33 bits per heavy atom. The quantitative estimate of drug-likeness (QED) is 0.561. The van der Waals surface area contributed by atoms with Gasteiger partial charge < -0.3 is 14.6 Å². The Morgan fingerprint density at radius 3 is 2.67 bits per heavy atom. The van der Waals surface area contributed by atoms with Crippen LogP contribution in [0.3, 0.4) is 0 Å². The molecule has 0 aliphatic carbocycles. The number of halogens is 1. The van der Waals surface area contributed by atoms with Crippen molar-refractivity contribution in [2.24, 2.45) is 0 Å². The number of carbonyl (C=O) groups is 1. The minimum Gasteiger partial charge on any atom is -0.490 e. The molecule has 0 aliphatic rings. The van der Waals surface area contributed by atoms with Crippen molar-refractivity contribution in [3.05, 3.63) is 35.7 Å². The fourth-order valence-corrected chi connectivity index (χ4v) is 1.88. The zero-order chi connectivity index (χ0) is 15.7. The molecule has 1 N–H and O–H groups in total. The maximum Gasteiger partial charge on any atom is 0.338 e. The Labute approximate surface area is 124 Å². The smallest absolute Gasteiger partial charge is 0.338 e. The second kappa shape index (κ2) is 9.13. The number of hydrogen-bond donors (Lipinski definition) is 1. The lowest BCUT2D eigenvalue weighted by molar-refractivity contribution is 0.0600. The molecule has 5 heteroatoms. The highest BCUT2D eigenvalue weighted by Crippen LogP contribution is 2.24. The van der Waals surface area contributed by atoms with Crippen LogP contribution in [0.5, 0.6) is 5.75 Å². The van der Waals surface area contributed by atoms with Crippen LogP contribution in [0.25, 0.3) is 6.08 Å². The summed E-state index contributed by atoms with van der Waals surface area (Å²) in [7, 11) is 1.24. The van der Waals surface area contributed by atoms with Gasteiger partial charge in [0.25, 0.3) is 0 Å². The zero-order valence-electron chi connectivity index (χ0n) is 12.2. The number of carbonyl (C=O) groups excluding carboxylic acids is 1. The van der Waals surface area contributed by atoms with Crippen LogP contribution in [0.2, 0.25) is 0 Å². The lowest BCUT2D eigenvalue weighted by Gasteiger charge is -2.11. The second-order valence-corrected chi connectivity index (χ2v) is 4.55. The first-order chi connectivity index (χ1) is 10.1. The molecular formula is C16H21FO4. The van der Waals surface area contributed by atoms with Gasteiger partial charge in [0.1, 0.15) is 0 Å². The monoisotopic (exact) mass is 296 g/mol. The van der Waals surface area contributed by atoms with Crippen molar-refractivity contribution < 1.29 is 23.8 Å². The third-order valence-electron chi connectivity index (χ3n) is 3.04. The molecule has 0 saturated heterocycles. The van der Waals surface area contributed by atoms with Gasteiger partial charge in [-0.2, -0.15) is 0 Å². The van der Waals surface area contributed by atoms with Gasteiger partial charge in [-0.3, -0.25) is 0 Å². The molecule has 0 fully saturated rings. The van der Waals surface area contributed by atoms with Crippen molar-refractivity contribution in [3.8, 4) is 5.75 Å². The highest BCUT2D eigenvalue weighted by molar-refractivity contribution is 5.93. The normalized spacial score (nSPS) is 10.2. The molecule has 116 valence electrons. The van der Waals surface area contributed by atoms with Gasteiger partial charge in [-0.15, -0.1) is 0 Å². The first kappa shape index (κ1) is 17.2. The van der Waals surface area contributed by atoms with E-state index in [0.29, 0.717) is 12.2 Å². The molecule has 0 unspecified atom stereocenters. The van der Waals surface area contributed by atoms with Gasteiger partial charge in [0.2, 0.25) is 0 Å². The lowest BCUT2D eigenvalue weighted by atomic mass is 10.1. The number of benzene rings is 1. The van der Waals surface area contributed by atoms with Gasteiger partial charge >= 0.3 is 5.97 Å². The third-order valence-corrected chi connectivity index (χ3v) is 3.04. The van der Waals surface area contributed by atoms with E-state index in [1.54, 1.807) is 0 Å². The molecule has 0 aliphatic heterocycles. The molecule has 4 nitrogen and oxygen atoms in total. The molecule has 0 heterocycles. The van der Waals surface area contributed by atoms with Gasteiger partial charge in [-0.05, 0) is 37.0 Å². The van der Waals surface area contributed by atoms with E-state index in [1.807, 2.05) is 0 Å². The summed E-state index contributed by atoms with van der Waals surface area (Å²) in [6, 6.07) is 2.55. The fourth-order valence-electron chi connectivity index (χ4n) is 1.88. The minimum atomic E-state index is -0.612. The lowest BCUT2D eigenvalue weighted by Crippen LogP contribution is -2.06.